The molecule has 4 amide bonds. The van der Waals surface area contributed by atoms with Gasteiger partial charge in [-0.3, -0.25) is 19.8 Å². The van der Waals surface area contributed by atoms with E-state index in [4.69, 9.17) is 0 Å². The fraction of sp³-hybridized carbons (Fsp3) is 0.0870. The van der Waals surface area contributed by atoms with Crippen LogP contribution < -0.4 is 5.32 Å². The number of carbonyl (C=O) groups is 3. The van der Waals surface area contributed by atoms with E-state index in [2.05, 4.69) is 11.9 Å². The Morgan fingerprint density at radius 3 is 2.61 bits per heavy atom. The molecule has 140 valence electrons. The highest BCUT2D eigenvalue weighted by atomic mass is 16.2. The molecule has 0 radical (unpaired) electrons. The van der Waals surface area contributed by atoms with Gasteiger partial charge in [0.25, 0.3) is 11.8 Å². The van der Waals surface area contributed by atoms with Gasteiger partial charge in [0.2, 0.25) is 0 Å². The molecular formula is C23H20N2O3. The third-order valence-corrected chi connectivity index (χ3v) is 4.36. The van der Waals surface area contributed by atoms with E-state index in [0.29, 0.717) is 0 Å². The summed E-state index contributed by atoms with van der Waals surface area (Å²) in [5.41, 5.74) is 1.38. The zero-order chi connectivity index (χ0) is 20.1. The van der Waals surface area contributed by atoms with E-state index in [9.17, 15) is 14.4 Å². The molecule has 1 saturated heterocycles. The summed E-state index contributed by atoms with van der Waals surface area (Å²) in [5.74, 6) is -1.32. The van der Waals surface area contributed by atoms with Crippen LogP contribution in [-0.4, -0.2) is 29.3 Å². The minimum Gasteiger partial charge on any atom is -0.273 e. The van der Waals surface area contributed by atoms with Crippen molar-refractivity contribution in [3.63, 3.8) is 0 Å². The Balaban J connectivity index is 2.01. The molecule has 0 bridgehead atoms. The molecule has 3 rings (SSSR count). The second-order valence-electron chi connectivity index (χ2n) is 6.25. The van der Waals surface area contributed by atoms with Crippen molar-refractivity contribution in [2.24, 2.45) is 0 Å². The van der Waals surface area contributed by atoms with Crippen molar-refractivity contribution in [1.82, 2.24) is 10.2 Å². The Morgan fingerprint density at radius 2 is 1.86 bits per heavy atom. The number of fused-ring (bicyclic) bond motifs is 1. The molecule has 1 aliphatic heterocycles. The SMILES string of the molecule is C=C/C=C(\C=C/C)CN1C(=O)NC(=O)/C(=C\c2cccc3ccccc23)C1=O. The summed E-state index contributed by atoms with van der Waals surface area (Å²) in [4.78, 5) is 38.5. The number of allylic oxidation sites excluding steroid dienone is 3. The van der Waals surface area contributed by atoms with Gasteiger partial charge in [0.1, 0.15) is 5.57 Å². The maximum absolute atomic E-state index is 12.9. The number of urea groups is 1. The summed E-state index contributed by atoms with van der Waals surface area (Å²) in [6.45, 7) is 5.53. The molecule has 1 heterocycles. The van der Waals surface area contributed by atoms with Gasteiger partial charge in [0.05, 0.1) is 6.54 Å². The maximum atomic E-state index is 12.9. The van der Waals surface area contributed by atoms with Crippen molar-refractivity contribution in [2.75, 3.05) is 6.54 Å². The summed E-state index contributed by atoms with van der Waals surface area (Å²) in [6.07, 6.45) is 8.42. The fourth-order valence-electron chi connectivity index (χ4n) is 3.08. The fourth-order valence-corrected chi connectivity index (χ4v) is 3.08. The van der Waals surface area contributed by atoms with Gasteiger partial charge in [-0.05, 0) is 34.9 Å². The summed E-state index contributed by atoms with van der Waals surface area (Å²) in [5, 5.41) is 4.17. The van der Waals surface area contributed by atoms with E-state index < -0.39 is 17.8 Å². The van der Waals surface area contributed by atoms with Gasteiger partial charge in [-0.25, -0.2) is 4.79 Å². The molecular weight excluding hydrogens is 352 g/mol. The molecule has 5 heteroatoms. The van der Waals surface area contributed by atoms with Gasteiger partial charge in [0, 0.05) is 0 Å². The first-order valence-electron chi connectivity index (χ1n) is 8.86. The predicted octanol–water partition coefficient (Wildman–Crippen LogP) is 3.99. The zero-order valence-electron chi connectivity index (χ0n) is 15.5. The Labute approximate surface area is 163 Å². The smallest absolute Gasteiger partial charge is 0.273 e. The third-order valence-electron chi connectivity index (χ3n) is 4.36. The number of nitrogens with one attached hydrogen (secondary N) is 1. The van der Waals surface area contributed by atoms with Crippen LogP contribution >= 0.6 is 0 Å². The number of rotatable bonds is 5. The number of hydrogen-bond acceptors (Lipinski definition) is 3. The first kappa shape index (κ1) is 19.0. The Hall–Kier alpha value is -3.73. The normalized spacial score (nSPS) is 16.9. The van der Waals surface area contributed by atoms with E-state index >= 15 is 0 Å². The van der Waals surface area contributed by atoms with Crippen molar-refractivity contribution in [3.8, 4) is 0 Å². The zero-order valence-corrected chi connectivity index (χ0v) is 15.5. The molecule has 0 aromatic heterocycles. The van der Waals surface area contributed by atoms with Gasteiger partial charge in [-0.1, -0.05) is 73.3 Å². The van der Waals surface area contributed by atoms with Crippen LogP contribution in [0.15, 0.2) is 84.5 Å². The van der Waals surface area contributed by atoms with Crippen LogP contribution in [0.1, 0.15) is 12.5 Å². The second-order valence-corrected chi connectivity index (χ2v) is 6.25. The van der Waals surface area contributed by atoms with Gasteiger partial charge in [-0.15, -0.1) is 0 Å². The molecule has 1 N–H and O–H groups in total. The number of nitrogens with zero attached hydrogens (tertiary/aromatic N) is 1. The molecule has 2 aromatic rings. The van der Waals surface area contributed by atoms with E-state index in [1.807, 2.05) is 49.4 Å². The summed E-state index contributed by atoms with van der Waals surface area (Å²) in [7, 11) is 0. The van der Waals surface area contributed by atoms with E-state index in [0.717, 1.165) is 26.8 Å². The van der Waals surface area contributed by atoms with Crippen molar-refractivity contribution < 1.29 is 14.4 Å². The van der Waals surface area contributed by atoms with Crippen LogP contribution in [-0.2, 0) is 9.59 Å². The number of barbiturate groups is 1. The highest BCUT2D eigenvalue weighted by Crippen LogP contribution is 2.23. The van der Waals surface area contributed by atoms with Crippen molar-refractivity contribution >= 4 is 34.7 Å². The van der Waals surface area contributed by atoms with Gasteiger partial charge in [-0.2, -0.15) is 0 Å². The monoisotopic (exact) mass is 372 g/mol. The third kappa shape index (κ3) is 3.83. The molecule has 0 aliphatic carbocycles. The summed E-state index contributed by atoms with van der Waals surface area (Å²) < 4.78 is 0. The molecule has 5 nitrogen and oxygen atoms in total. The molecule has 0 atom stereocenters. The van der Waals surface area contributed by atoms with Crippen LogP contribution in [0.25, 0.3) is 16.8 Å². The molecule has 2 aromatic carbocycles. The first-order chi connectivity index (χ1) is 13.5. The predicted molar refractivity (Wildman–Crippen MR) is 110 cm³/mol. The number of amides is 4. The van der Waals surface area contributed by atoms with E-state index in [-0.39, 0.29) is 12.1 Å². The molecule has 0 saturated carbocycles. The Bertz CT molecular complexity index is 1060. The van der Waals surface area contributed by atoms with Crippen LogP contribution in [0, 0.1) is 0 Å². The second kappa shape index (κ2) is 8.31. The summed E-state index contributed by atoms with van der Waals surface area (Å²) in [6, 6.07) is 12.6. The highest BCUT2D eigenvalue weighted by molar-refractivity contribution is 6.31. The van der Waals surface area contributed by atoms with Gasteiger partial charge in [0.15, 0.2) is 0 Å². The number of imide groups is 2. The molecule has 1 aliphatic rings. The Kier molecular flexibility index (Phi) is 5.65. The molecule has 28 heavy (non-hydrogen) atoms. The quantitative estimate of drug-likeness (QED) is 0.490. The standard InChI is InChI=1S/C23H20N2O3/c1-3-8-16(9-4-2)15-25-22(27)20(21(26)24-23(25)28)14-18-12-7-11-17-10-5-6-13-19(17)18/h3-14H,1,15H2,2H3,(H,24,26,28)/b9-4-,16-8+,20-14+. The lowest BCUT2D eigenvalue weighted by Crippen LogP contribution is -2.54. The van der Waals surface area contributed by atoms with Crippen LogP contribution in [0.5, 0.6) is 0 Å². The lowest BCUT2D eigenvalue weighted by molar-refractivity contribution is -0.129. The Morgan fingerprint density at radius 1 is 1.11 bits per heavy atom. The minimum atomic E-state index is -0.732. The average molecular weight is 372 g/mol. The highest BCUT2D eigenvalue weighted by Gasteiger charge is 2.35. The first-order valence-corrected chi connectivity index (χ1v) is 8.86. The van der Waals surface area contributed by atoms with Crippen molar-refractivity contribution in [3.05, 3.63) is 90.1 Å². The van der Waals surface area contributed by atoms with E-state index in [1.54, 1.807) is 24.3 Å². The number of benzene rings is 2. The van der Waals surface area contributed by atoms with Gasteiger partial charge < -0.3 is 0 Å². The van der Waals surface area contributed by atoms with E-state index in [1.165, 1.54) is 6.08 Å². The summed E-state index contributed by atoms with van der Waals surface area (Å²) >= 11 is 0. The lowest BCUT2D eigenvalue weighted by atomic mass is 10.0. The van der Waals surface area contributed by atoms with Crippen molar-refractivity contribution in [2.45, 2.75) is 6.92 Å². The molecule has 0 spiro atoms. The van der Waals surface area contributed by atoms with Crippen LogP contribution in [0.3, 0.4) is 0 Å². The molecule has 0 unspecified atom stereocenters. The minimum absolute atomic E-state index is 0.0428. The molecule has 1 fully saturated rings. The lowest BCUT2D eigenvalue weighted by Gasteiger charge is -2.26. The number of carbonyl (C=O) groups excluding carboxylic acids is 3. The maximum Gasteiger partial charge on any atom is 0.331 e. The van der Waals surface area contributed by atoms with Crippen LogP contribution in [0.2, 0.25) is 0 Å². The number of hydrogen-bond donors (Lipinski definition) is 1. The topological polar surface area (TPSA) is 66.5 Å². The largest absolute Gasteiger partial charge is 0.331 e. The van der Waals surface area contributed by atoms with Gasteiger partial charge >= 0.3 is 6.03 Å². The van der Waals surface area contributed by atoms with Crippen molar-refractivity contribution in [1.29, 1.82) is 0 Å². The average Bonchev–Trinajstić information content (AvgIpc) is 2.68. The van der Waals surface area contributed by atoms with Crippen LogP contribution in [0.4, 0.5) is 4.79 Å².